The van der Waals surface area contributed by atoms with E-state index in [1.165, 1.54) is 6.92 Å². The van der Waals surface area contributed by atoms with E-state index in [9.17, 15) is 32.5 Å². The molecule has 2 saturated heterocycles. The number of nitrogens with zero attached hydrogens (tertiary/aromatic N) is 3. The lowest BCUT2D eigenvalue weighted by atomic mass is 10.0. The molecule has 1 aromatic carbocycles. The summed E-state index contributed by atoms with van der Waals surface area (Å²) >= 11 is 1.02. The van der Waals surface area contributed by atoms with E-state index in [0.717, 1.165) is 30.8 Å². The number of β-lactam (4-membered cyclic amide) rings is 1. The Morgan fingerprint density at radius 2 is 2.02 bits per heavy atom. The molecule has 1 unspecified atom stereocenters. The number of thiazole rings is 1. The van der Waals surface area contributed by atoms with Crippen molar-refractivity contribution in [2.24, 2.45) is 5.16 Å². The first-order chi connectivity index (χ1) is 20.3. The summed E-state index contributed by atoms with van der Waals surface area (Å²) < 4.78 is 37.7. The number of carbonyl (C=O) groups is 3. The highest BCUT2D eigenvalue weighted by atomic mass is 32.2. The molecule has 2 aliphatic rings. The zero-order valence-corrected chi connectivity index (χ0v) is 24.6. The van der Waals surface area contributed by atoms with Crippen LogP contribution in [0.3, 0.4) is 0 Å². The van der Waals surface area contributed by atoms with Gasteiger partial charge in [-0.25, -0.2) is 14.1 Å². The Morgan fingerprint density at radius 1 is 1.33 bits per heavy atom. The smallest absolute Gasteiger partial charge is 0.362 e. The maximum Gasteiger partial charge on any atom is 0.362 e. The number of hydrogen-bond acceptors (Lipinski definition) is 13. The molecule has 3 heterocycles. The van der Waals surface area contributed by atoms with Crippen LogP contribution in [0.4, 0.5) is 5.13 Å². The minimum atomic E-state index is -4.83. The normalized spacial score (nSPS) is 21.1. The number of rotatable bonds is 12. The van der Waals surface area contributed by atoms with Crippen molar-refractivity contribution in [3.63, 3.8) is 0 Å². The number of nitrogens with one attached hydrogen (secondary N) is 4. The number of amidine groups is 1. The van der Waals surface area contributed by atoms with Crippen molar-refractivity contribution in [1.82, 2.24) is 25.2 Å². The number of hydrogen-bond donors (Lipinski definition) is 7. The van der Waals surface area contributed by atoms with Crippen molar-refractivity contribution in [2.45, 2.75) is 44.5 Å². The zero-order chi connectivity index (χ0) is 31.5. The Balaban J connectivity index is 1.44. The maximum absolute atomic E-state index is 13.1. The Kier molecular flexibility index (Phi) is 9.48. The third-order valence-corrected chi connectivity index (χ3v) is 8.43. The summed E-state index contributed by atoms with van der Waals surface area (Å²) in [5, 5.41) is 30.3. The molecule has 2 fully saturated rings. The van der Waals surface area contributed by atoms with Crippen molar-refractivity contribution >= 4 is 56.1 Å². The first kappa shape index (κ1) is 31.6. The van der Waals surface area contributed by atoms with Crippen LogP contribution < -0.4 is 26.4 Å². The molecule has 19 heteroatoms. The molecular formula is C24H30N8O9S2. The van der Waals surface area contributed by atoms with Gasteiger partial charge in [0.05, 0.1) is 6.04 Å². The van der Waals surface area contributed by atoms with Crippen LogP contribution in [0, 0.1) is 12.3 Å². The predicted molar refractivity (Wildman–Crippen MR) is 153 cm³/mol. The number of nitrogens with two attached hydrogens (primary N) is 1. The number of carbonyl (C=O) groups excluding carboxylic acids is 2. The summed E-state index contributed by atoms with van der Waals surface area (Å²) in [7, 11) is -4.83. The number of anilines is 1. The topological polar surface area (TPSA) is 259 Å². The fourth-order valence-electron chi connectivity index (χ4n) is 4.36. The molecule has 0 aliphatic carbocycles. The van der Waals surface area contributed by atoms with Crippen LogP contribution in [-0.4, -0.2) is 101 Å². The summed E-state index contributed by atoms with van der Waals surface area (Å²) in [5.74, 6) is -3.04. The van der Waals surface area contributed by atoms with Gasteiger partial charge in [0.2, 0.25) is 0 Å². The van der Waals surface area contributed by atoms with E-state index in [-0.39, 0.29) is 27.0 Å². The molecule has 0 bridgehead atoms. The molecule has 4 rings (SSSR count). The van der Waals surface area contributed by atoms with Gasteiger partial charge in [-0.1, -0.05) is 5.16 Å². The fraction of sp³-hybridized carbons (Fsp3) is 0.417. The van der Waals surface area contributed by atoms with E-state index in [2.05, 4.69) is 26.1 Å². The second kappa shape index (κ2) is 12.9. The van der Waals surface area contributed by atoms with Crippen molar-refractivity contribution in [3.05, 3.63) is 40.4 Å². The van der Waals surface area contributed by atoms with E-state index in [1.807, 2.05) is 0 Å². The number of ether oxygens (including phenoxy) is 1. The van der Waals surface area contributed by atoms with Crippen LogP contribution in [-0.2, 0) is 29.5 Å². The number of aromatic nitrogens is 1. The number of benzene rings is 1. The molecular weight excluding hydrogens is 608 g/mol. The molecule has 2 amide bonds. The lowest BCUT2D eigenvalue weighted by molar-refractivity contribution is -0.152. The maximum atomic E-state index is 13.1. The highest BCUT2D eigenvalue weighted by Crippen LogP contribution is 2.24. The number of oxime groups is 1. The summed E-state index contributed by atoms with van der Waals surface area (Å²) in [5.41, 5.74) is 5.79. The Hall–Kier alpha value is -4.33. The van der Waals surface area contributed by atoms with Gasteiger partial charge in [0.25, 0.3) is 17.9 Å². The lowest BCUT2D eigenvalue weighted by Gasteiger charge is -2.42. The number of carboxylic acid groups (broad SMARTS) is 1. The Bertz CT molecular complexity index is 1540. The molecule has 0 saturated carbocycles. The molecule has 2 aromatic rings. The summed E-state index contributed by atoms with van der Waals surface area (Å²) in [6.45, 7) is 4.00. The molecule has 0 radical (unpaired) electrons. The van der Waals surface area contributed by atoms with Gasteiger partial charge in [0, 0.05) is 23.0 Å². The van der Waals surface area contributed by atoms with Gasteiger partial charge in [-0.3, -0.25) is 19.6 Å². The van der Waals surface area contributed by atoms with Gasteiger partial charge in [-0.05, 0) is 51.1 Å². The van der Waals surface area contributed by atoms with E-state index in [1.54, 1.807) is 31.2 Å². The van der Waals surface area contributed by atoms with Crippen molar-refractivity contribution in [1.29, 1.82) is 5.41 Å². The average molecular weight is 639 g/mol. The van der Waals surface area contributed by atoms with Crippen LogP contribution in [0.5, 0.6) is 5.75 Å². The van der Waals surface area contributed by atoms with E-state index < -0.39 is 58.6 Å². The highest BCUT2D eigenvalue weighted by Gasteiger charge is 2.51. The standard InChI is InChI=1S/C24H30N8O9S2/c1-11-17(22(34)32(11)43(37,38)39)29-21(33)19(18-12(2)42-24(26)30-18)31-41-16(23(35)36)10-40-15-5-3-13(4-6-15)20(25)28-14-7-8-27-9-14/h3-6,11,14,16-17,27H,7-10H2,1-2H3,(H2,25,28)(H2,26,30)(H,29,33)(H,35,36)(H,37,38,39)/b31-19-/t11-,14-,16?,17-/m0/s1. The molecule has 4 atom stereocenters. The molecule has 1 aromatic heterocycles. The lowest BCUT2D eigenvalue weighted by Crippen LogP contribution is -2.71. The molecule has 2 aliphatic heterocycles. The van der Waals surface area contributed by atoms with E-state index >= 15 is 0 Å². The third-order valence-electron chi connectivity index (χ3n) is 6.62. The van der Waals surface area contributed by atoms with Crippen molar-refractivity contribution < 1.29 is 42.0 Å². The average Bonchev–Trinajstić information content (AvgIpc) is 3.57. The number of nitrogen functional groups attached to an aromatic ring is 1. The van der Waals surface area contributed by atoms with Crippen LogP contribution in [0.1, 0.15) is 29.5 Å². The SMILES string of the molecule is Cc1sc(N)nc1/C(=N/OC(COc1ccc(C(=N)N[C@H]2CCNC2)cc1)C(=O)O)C(=O)N[C@@H]1C(=O)N(S(=O)(=O)O)[C@H]1C. The largest absolute Gasteiger partial charge is 0.489 e. The quantitative estimate of drug-likeness (QED) is 0.0488. The molecule has 0 spiro atoms. The van der Waals surface area contributed by atoms with Gasteiger partial charge in [0.1, 0.15) is 29.9 Å². The minimum absolute atomic E-state index is 0.0452. The summed E-state index contributed by atoms with van der Waals surface area (Å²) in [6.07, 6.45) is -0.779. The summed E-state index contributed by atoms with van der Waals surface area (Å²) in [4.78, 5) is 46.9. The highest BCUT2D eigenvalue weighted by molar-refractivity contribution is 7.84. The fourth-order valence-corrected chi connectivity index (χ4v) is 5.93. The molecule has 8 N–H and O–H groups in total. The molecule has 17 nitrogen and oxygen atoms in total. The summed E-state index contributed by atoms with van der Waals surface area (Å²) in [6, 6.07) is 4.14. The van der Waals surface area contributed by atoms with Crippen LogP contribution in [0.15, 0.2) is 29.4 Å². The van der Waals surface area contributed by atoms with Gasteiger partial charge in [-0.15, -0.1) is 11.3 Å². The van der Waals surface area contributed by atoms with Gasteiger partial charge in [0.15, 0.2) is 10.8 Å². The van der Waals surface area contributed by atoms with Gasteiger partial charge in [-0.2, -0.15) is 8.42 Å². The van der Waals surface area contributed by atoms with Gasteiger partial charge < -0.3 is 36.4 Å². The second-order valence-electron chi connectivity index (χ2n) is 9.68. The Labute approximate surface area is 249 Å². The Morgan fingerprint density at radius 3 is 2.56 bits per heavy atom. The van der Waals surface area contributed by atoms with Crippen LogP contribution in [0.2, 0.25) is 0 Å². The first-order valence-electron chi connectivity index (χ1n) is 12.9. The van der Waals surface area contributed by atoms with E-state index in [0.29, 0.717) is 16.2 Å². The zero-order valence-electron chi connectivity index (χ0n) is 22.9. The number of carboxylic acids is 1. The van der Waals surface area contributed by atoms with Crippen molar-refractivity contribution in [3.8, 4) is 5.75 Å². The molecule has 232 valence electrons. The number of aliphatic carboxylic acids is 1. The minimum Gasteiger partial charge on any atom is -0.489 e. The molecule has 43 heavy (non-hydrogen) atoms. The monoisotopic (exact) mass is 638 g/mol. The van der Waals surface area contributed by atoms with E-state index in [4.69, 9.17) is 20.7 Å². The van der Waals surface area contributed by atoms with Crippen LogP contribution >= 0.6 is 11.3 Å². The predicted octanol–water partition coefficient (Wildman–Crippen LogP) is -0.918. The number of aryl methyl sites for hydroxylation is 1. The second-order valence-corrected chi connectivity index (χ2v) is 12.2. The van der Waals surface area contributed by atoms with Gasteiger partial charge >= 0.3 is 16.3 Å². The third kappa shape index (κ3) is 7.37. The first-order valence-corrected chi connectivity index (χ1v) is 15.1. The van der Waals surface area contributed by atoms with Crippen LogP contribution in [0.25, 0.3) is 0 Å². The number of amides is 2. The van der Waals surface area contributed by atoms with Crippen molar-refractivity contribution in [2.75, 3.05) is 25.4 Å².